The summed E-state index contributed by atoms with van der Waals surface area (Å²) in [7, 11) is 0. The zero-order chi connectivity index (χ0) is 23.1. The van der Waals surface area contributed by atoms with Gasteiger partial charge in [0, 0.05) is 31.9 Å². The van der Waals surface area contributed by atoms with E-state index in [0.717, 1.165) is 31.2 Å². The van der Waals surface area contributed by atoms with Crippen molar-refractivity contribution in [1.82, 2.24) is 4.90 Å². The van der Waals surface area contributed by atoms with Crippen molar-refractivity contribution in [3.63, 3.8) is 0 Å². The molecule has 0 heterocycles. The predicted molar refractivity (Wildman–Crippen MR) is 131 cm³/mol. The Balaban J connectivity index is 2.63. The van der Waals surface area contributed by atoms with Crippen molar-refractivity contribution in [3.8, 4) is 0 Å². The topological polar surface area (TPSA) is 60.8 Å². The van der Waals surface area contributed by atoms with Gasteiger partial charge in [0.2, 0.25) is 0 Å². The number of hydrogen-bond donors (Lipinski definition) is 2. The SMILES string of the molecule is CC(C)=CCCC(C)=CCCC(C)=Cc1ccc(C(=O)N(CCCO)CCCO)cc1. The lowest BCUT2D eigenvalue weighted by molar-refractivity contribution is 0.0734. The first-order valence-corrected chi connectivity index (χ1v) is 11.4. The number of amides is 1. The van der Waals surface area contributed by atoms with Gasteiger partial charge in [-0.1, -0.05) is 47.1 Å². The lowest BCUT2D eigenvalue weighted by Crippen LogP contribution is -2.33. The summed E-state index contributed by atoms with van der Waals surface area (Å²) < 4.78 is 0. The minimum Gasteiger partial charge on any atom is -0.396 e. The van der Waals surface area contributed by atoms with Crippen LogP contribution in [0.25, 0.3) is 6.08 Å². The highest BCUT2D eigenvalue weighted by molar-refractivity contribution is 5.94. The Labute approximate surface area is 189 Å². The van der Waals surface area contributed by atoms with Crippen molar-refractivity contribution in [2.24, 2.45) is 0 Å². The predicted octanol–water partition coefficient (Wildman–Crippen LogP) is 5.77. The number of allylic oxidation sites excluding steroid dienone is 5. The molecular formula is C27H41NO3. The molecule has 0 saturated heterocycles. The first-order valence-electron chi connectivity index (χ1n) is 11.4. The highest BCUT2D eigenvalue weighted by atomic mass is 16.3. The molecule has 0 radical (unpaired) electrons. The second kappa shape index (κ2) is 15.6. The van der Waals surface area contributed by atoms with Crippen LogP contribution in [0.5, 0.6) is 0 Å². The number of aliphatic hydroxyl groups is 2. The van der Waals surface area contributed by atoms with Gasteiger partial charge in [0.25, 0.3) is 5.91 Å². The van der Waals surface area contributed by atoms with E-state index in [0.29, 0.717) is 31.5 Å². The van der Waals surface area contributed by atoms with Gasteiger partial charge in [-0.2, -0.15) is 0 Å². The maximum atomic E-state index is 12.7. The number of benzene rings is 1. The molecule has 0 aliphatic rings. The van der Waals surface area contributed by atoms with Crippen LogP contribution in [0, 0.1) is 0 Å². The molecule has 4 heteroatoms. The van der Waals surface area contributed by atoms with E-state index in [2.05, 4.69) is 45.9 Å². The first kappa shape index (κ1) is 26.9. The van der Waals surface area contributed by atoms with E-state index in [-0.39, 0.29) is 19.1 Å². The third kappa shape index (κ3) is 11.7. The Morgan fingerprint density at radius 2 is 1.39 bits per heavy atom. The smallest absolute Gasteiger partial charge is 0.253 e. The molecular weight excluding hydrogens is 386 g/mol. The van der Waals surface area contributed by atoms with Gasteiger partial charge in [-0.05, 0) is 83.9 Å². The molecule has 0 aliphatic carbocycles. The van der Waals surface area contributed by atoms with Gasteiger partial charge in [0.1, 0.15) is 0 Å². The van der Waals surface area contributed by atoms with Gasteiger partial charge in [-0.15, -0.1) is 0 Å². The molecule has 1 amide bonds. The molecule has 0 fully saturated rings. The van der Waals surface area contributed by atoms with Crippen molar-refractivity contribution in [2.45, 2.75) is 66.2 Å². The van der Waals surface area contributed by atoms with Gasteiger partial charge >= 0.3 is 0 Å². The van der Waals surface area contributed by atoms with E-state index in [1.165, 1.54) is 16.7 Å². The second-order valence-corrected chi connectivity index (χ2v) is 8.47. The van der Waals surface area contributed by atoms with Crippen LogP contribution in [-0.4, -0.2) is 47.3 Å². The molecule has 31 heavy (non-hydrogen) atoms. The van der Waals surface area contributed by atoms with Crippen molar-refractivity contribution >= 4 is 12.0 Å². The van der Waals surface area contributed by atoms with Crippen molar-refractivity contribution in [3.05, 3.63) is 64.3 Å². The summed E-state index contributed by atoms with van der Waals surface area (Å²) >= 11 is 0. The molecule has 4 nitrogen and oxygen atoms in total. The monoisotopic (exact) mass is 427 g/mol. The lowest BCUT2D eigenvalue weighted by atomic mass is 10.0. The number of rotatable bonds is 14. The van der Waals surface area contributed by atoms with E-state index in [1.54, 1.807) is 4.90 Å². The van der Waals surface area contributed by atoms with Crippen molar-refractivity contribution in [2.75, 3.05) is 26.3 Å². The molecule has 0 unspecified atom stereocenters. The molecule has 0 atom stereocenters. The maximum Gasteiger partial charge on any atom is 0.253 e. The third-order valence-corrected chi connectivity index (χ3v) is 5.15. The van der Waals surface area contributed by atoms with Gasteiger partial charge in [0.15, 0.2) is 0 Å². The number of nitrogens with zero attached hydrogens (tertiary/aromatic N) is 1. The minimum absolute atomic E-state index is 0.0517. The first-order chi connectivity index (χ1) is 14.9. The molecule has 0 aromatic heterocycles. The molecule has 1 rings (SSSR count). The molecule has 0 aliphatic heterocycles. The molecule has 2 N–H and O–H groups in total. The summed E-state index contributed by atoms with van der Waals surface area (Å²) in [4.78, 5) is 14.4. The van der Waals surface area contributed by atoms with Crippen molar-refractivity contribution in [1.29, 1.82) is 0 Å². The number of carbonyl (C=O) groups excluding carboxylic acids is 1. The highest BCUT2D eigenvalue weighted by Gasteiger charge is 2.14. The highest BCUT2D eigenvalue weighted by Crippen LogP contribution is 2.16. The van der Waals surface area contributed by atoms with Gasteiger partial charge in [-0.3, -0.25) is 4.79 Å². The number of carbonyl (C=O) groups is 1. The maximum absolute atomic E-state index is 12.7. The van der Waals surface area contributed by atoms with Gasteiger partial charge in [-0.25, -0.2) is 0 Å². The van der Waals surface area contributed by atoms with E-state index in [4.69, 9.17) is 10.2 Å². The Morgan fingerprint density at radius 3 is 1.94 bits per heavy atom. The fourth-order valence-corrected chi connectivity index (χ4v) is 3.34. The summed E-state index contributed by atoms with van der Waals surface area (Å²) in [6, 6.07) is 7.68. The summed E-state index contributed by atoms with van der Waals surface area (Å²) in [5, 5.41) is 18.1. The Morgan fingerprint density at radius 1 is 0.839 bits per heavy atom. The zero-order valence-corrected chi connectivity index (χ0v) is 19.9. The average Bonchev–Trinajstić information content (AvgIpc) is 2.73. The van der Waals surface area contributed by atoms with Crippen LogP contribution < -0.4 is 0 Å². The molecule has 0 bridgehead atoms. The zero-order valence-electron chi connectivity index (χ0n) is 19.9. The summed E-state index contributed by atoms with van der Waals surface area (Å²) in [6.07, 6.45) is 12.2. The van der Waals surface area contributed by atoms with Gasteiger partial charge < -0.3 is 15.1 Å². The molecule has 0 saturated carbocycles. The number of aliphatic hydroxyl groups excluding tert-OH is 2. The summed E-state index contributed by atoms with van der Waals surface area (Å²) in [5.41, 5.74) is 5.87. The van der Waals surface area contributed by atoms with Crippen LogP contribution in [0.15, 0.2) is 53.1 Å². The normalized spacial score (nSPS) is 12.1. The second-order valence-electron chi connectivity index (χ2n) is 8.47. The van der Waals surface area contributed by atoms with Crippen LogP contribution in [0.1, 0.15) is 82.1 Å². The number of hydrogen-bond acceptors (Lipinski definition) is 3. The average molecular weight is 428 g/mol. The molecule has 1 aromatic carbocycles. The Hall–Kier alpha value is -2.17. The van der Waals surface area contributed by atoms with Crippen LogP contribution >= 0.6 is 0 Å². The van der Waals surface area contributed by atoms with E-state index in [1.807, 2.05) is 24.3 Å². The minimum atomic E-state index is -0.0529. The van der Waals surface area contributed by atoms with Crippen LogP contribution in [0.2, 0.25) is 0 Å². The van der Waals surface area contributed by atoms with E-state index in [9.17, 15) is 4.79 Å². The standard InChI is InChI=1S/C27H41NO3/c1-22(2)9-5-10-23(3)11-6-12-24(4)21-25-13-15-26(16-14-25)27(31)28(17-7-19-29)18-8-20-30/h9,11,13-16,21,29-30H,5-8,10,12,17-20H2,1-4H3. The quantitative estimate of drug-likeness (QED) is 0.371. The largest absolute Gasteiger partial charge is 0.396 e. The molecule has 1 aromatic rings. The molecule has 0 spiro atoms. The molecule has 172 valence electrons. The summed E-state index contributed by atoms with van der Waals surface area (Å²) in [5.74, 6) is -0.0529. The summed E-state index contributed by atoms with van der Waals surface area (Å²) in [6.45, 7) is 9.73. The van der Waals surface area contributed by atoms with Crippen LogP contribution in [-0.2, 0) is 0 Å². The third-order valence-electron chi connectivity index (χ3n) is 5.15. The van der Waals surface area contributed by atoms with E-state index < -0.39 is 0 Å². The Kier molecular flexibility index (Phi) is 13.5. The fourth-order valence-electron chi connectivity index (χ4n) is 3.34. The van der Waals surface area contributed by atoms with E-state index >= 15 is 0 Å². The van der Waals surface area contributed by atoms with Gasteiger partial charge in [0.05, 0.1) is 0 Å². The fraction of sp³-hybridized carbons (Fsp3) is 0.519. The van der Waals surface area contributed by atoms with Crippen molar-refractivity contribution < 1.29 is 15.0 Å². The lowest BCUT2D eigenvalue weighted by Gasteiger charge is -2.22. The van der Waals surface area contributed by atoms with Crippen LogP contribution in [0.4, 0.5) is 0 Å². The van der Waals surface area contributed by atoms with Crippen LogP contribution in [0.3, 0.4) is 0 Å². The Bertz CT molecular complexity index is 732.